The Balaban J connectivity index is 1.42. The number of amidine groups is 1. The second kappa shape index (κ2) is 12.8. The van der Waals surface area contributed by atoms with E-state index >= 15 is 0 Å². The van der Waals surface area contributed by atoms with Crippen LogP contribution in [-0.4, -0.2) is 69.0 Å². The number of carbonyl (C=O) groups is 2. The third-order valence-corrected chi connectivity index (χ3v) is 10.4. The van der Waals surface area contributed by atoms with E-state index in [9.17, 15) is 18.0 Å². The first-order chi connectivity index (χ1) is 19.9. The van der Waals surface area contributed by atoms with E-state index in [0.29, 0.717) is 30.8 Å². The number of nitrogens with zero attached hydrogens (tertiary/aromatic N) is 3. The average molecular weight is 598 g/mol. The lowest BCUT2D eigenvalue weighted by Crippen LogP contribution is -2.50. The summed E-state index contributed by atoms with van der Waals surface area (Å²) < 4.78 is 33.7. The highest BCUT2D eigenvalue weighted by molar-refractivity contribution is 7.89. The molecule has 1 fully saturated rings. The molecule has 0 radical (unpaired) electrons. The van der Waals surface area contributed by atoms with Gasteiger partial charge in [-0.3, -0.25) is 14.7 Å². The van der Waals surface area contributed by atoms with E-state index in [1.54, 1.807) is 14.2 Å². The number of piperidine rings is 1. The van der Waals surface area contributed by atoms with E-state index in [4.69, 9.17) is 15.5 Å². The summed E-state index contributed by atoms with van der Waals surface area (Å²) in [6.07, 6.45) is 5.32. The lowest BCUT2D eigenvalue weighted by Gasteiger charge is -2.34. The smallest absolute Gasteiger partial charge is 0.318 e. The molecule has 11 heteroatoms. The third-order valence-electron chi connectivity index (χ3n) is 8.54. The van der Waals surface area contributed by atoms with E-state index in [2.05, 4.69) is 12.2 Å². The molecule has 10 nitrogen and oxygen atoms in total. The molecular formula is C31H43N5O5S. The molecule has 1 saturated heterocycles. The zero-order valence-electron chi connectivity index (χ0n) is 25.3. The molecule has 0 aliphatic carbocycles. The van der Waals surface area contributed by atoms with E-state index in [0.717, 1.165) is 59.3 Å². The van der Waals surface area contributed by atoms with Crippen LogP contribution >= 0.6 is 0 Å². The van der Waals surface area contributed by atoms with Gasteiger partial charge in [-0.1, -0.05) is 31.9 Å². The number of hydrogen-bond donors (Lipinski definition) is 2. The molecule has 0 bridgehead atoms. The second-order valence-corrected chi connectivity index (χ2v) is 13.4. The van der Waals surface area contributed by atoms with Crippen LogP contribution in [0.2, 0.25) is 0 Å². The maximum atomic E-state index is 13.3. The van der Waals surface area contributed by atoms with Crippen LogP contribution in [0, 0.1) is 13.8 Å². The van der Waals surface area contributed by atoms with Crippen molar-refractivity contribution in [3.05, 3.63) is 58.1 Å². The number of primary amides is 1. The summed E-state index contributed by atoms with van der Waals surface area (Å²) in [7, 11) is -0.307. The number of rotatable bonds is 11. The number of carbonyl (C=O) groups excluding carboxylic acids is 2. The van der Waals surface area contributed by atoms with Gasteiger partial charge in [0.2, 0.25) is 10.0 Å². The summed E-state index contributed by atoms with van der Waals surface area (Å²) in [5.74, 6) is 1.05. The first-order valence-electron chi connectivity index (χ1n) is 14.6. The summed E-state index contributed by atoms with van der Waals surface area (Å²) in [6.45, 7) is 6.44. The number of anilines is 1. The largest absolute Gasteiger partial charge is 0.496 e. The first-order valence-corrected chi connectivity index (χ1v) is 16.2. The van der Waals surface area contributed by atoms with Gasteiger partial charge in [0.15, 0.2) is 0 Å². The van der Waals surface area contributed by atoms with Crippen LogP contribution in [0.15, 0.2) is 35.3 Å². The van der Waals surface area contributed by atoms with Crippen molar-refractivity contribution in [2.24, 2.45) is 10.7 Å². The Morgan fingerprint density at radius 3 is 2.38 bits per heavy atom. The normalized spacial score (nSPS) is 16.8. The molecule has 1 spiro atoms. The summed E-state index contributed by atoms with van der Waals surface area (Å²) in [5, 5.41) is 2.94. The number of benzene rings is 2. The van der Waals surface area contributed by atoms with Crippen LogP contribution in [0.1, 0.15) is 66.8 Å². The monoisotopic (exact) mass is 597 g/mol. The molecule has 4 rings (SSSR count). The number of urea groups is 1. The van der Waals surface area contributed by atoms with E-state index in [1.807, 2.05) is 44.2 Å². The Labute approximate surface area is 249 Å². The number of hydrogen-bond acceptors (Lipinski definition) is 6. The molecule has 42 heavy (non-hydrogen) atoms. The standard InChI is InChI=1S/C31H43N5O5S/c1-6-7-8-9-23-10-11-24(20-27(23)41-5)28-33-29(37)31(34-28)13-15-36(16-14-31)42(39,40)17-12-26-21(2)18-25(19-22(26)3)35(4)30(32)38/h10-11,18-20H,6-9,12-17H2,1-5H3,(H2,32,38)(H,33,34,37). The maximum Gasteiger partial charge on any atom is 0.318 e. The van der Waals surface area contributed by atoms with Gasteiger partial charge in [-0.2, -0.15) is 0 Å². The third kappa shape index (κ3) is 6.62. The molecule has 3 amide bonds. The topological polar surface area (TPSA) is 134 Å². The number of ether oxygens (including phenoxy) is 1. The van der Waals surface area contributed by atoms with Gasteiger partial charge in [0.05, 0.1) is 12.9 Å². The number of nitrogens with two attached hydrogens (primary N) is 1. The number of sulfonamides is 1. The van der Waals surface area contributed by atoms with Gasteiger partial charge in [-0.15, -0.1) is 0 Å². The Morgan fingerprint density at radius 1 is 1.12 bits per heavy atom. The zero-order chi connectivity index (χ0) is 30.7. The molecule has 0 aromatic heterocycles. The van der Waals surface area contributed by atoms with Crippen molar-refractivity contribution >= 4 is 33.5 Å². The minimum Gasteiger partial charge on any atom is -0.496 e. The zero-order valence-corrected chi connectivity index (χ0v) is 26.1. The summed E-state index contributed by atoms with van der Waals surface area (Å²) in [5.41, 5.74) is 9.75. The number of methoxy groups -OCH3 is 1. The Morgan fingerprint density at radius 2 is 1.79 bits per heavy atom. The molecular weight excluding hydrogens is 554 g/mol. The highest BCUT2D eigenvalue weighted by atomic mass is 32.2. The molecule has 3 N–H and O–H groups in total. The van der Waals surface area contributed by atoms with E-state index in [1.165, 1.54) is 9.21 Å². The van der Waals surface area contributed by atoms with Gasteiger partial charge in [0, 0.05) is 31.4 Å². The molecule has 2 aliphatic rings. The highest BCUT2D eigenvalue weighted by Gasteiger charge is 2.47. The van der Waals surface area contributed by atoms with E-state index < -0.39 is 21.6 Å². The van der Waals surface area contributed by atoms with Crippen LogP contribution in [-0.2, 0) is 27.7 Å². The van der Waals surface area contributed by atoms with Crippen molar-refractivity contribution in [3.8, 4) is 5.75 Å². The fourth-order valence-corrected chi connectivity index (χ4v) is 7.30. The van der Waals surface area contributed by atoms with Crippen LogP contribution in [0.4, 0.5) is 10.5 Å². The van der Waals surface area contributed by atoms with Gasteiger partial charge >= 0.3 is 6.03 Å². The summed E-state index contributed by atoms with van der Waals surface area (Å²) in [6, 6.07) is 9.04. The predicted octanol–water partition coefficient (Wildman–Crippen LogP) is 3.84. The SMILES string of the molecule is CCCCCc1ccc(C2=NC3(CCN(S(=O)(=O)CCc4c(C)cc(N(C)C(N)=O)cc4C)CC3)C(=O)N2)cc1OC. The van der Waals surface area contributed by atoms with Gasteiger partial charge < -0.3 is 15.8 Å². The molecule has 2 aromatic rings. The van der Waals surface area contributed by atoms with Crippen molar-refractivity contribution in [2.45, 2.75) is 71.3 Å². The number of nitrogens with one attached hydrogen (secondary N) is 1. The fourth-order valence-electron chi connectivity index (χ4n) is 5.84. The quantitative estimate of drug-likeness (QED) is 0.380. The molecule has 2 aromatic carbocycles. The minimum atomic E-state index is -3.56. The van der Waals surface area contributed by atoms with Crippen molar-refractivity contribution in [2.75, 3.05) is 37.9 Å². The van der Waals surface area contributed by atoms with Crippen LogP contribution in [0.5, 0.6) is 5.75 Å². The predicted molar refractivity (Wildman–Crippen MR) is 166 cm³/mol. The summed E-state index contributed by atoms with van der Waals surface area (Å²) in [4.78, 5) is 30.9. The first kappa shape index (κ1) is 31.5. The minimum absolute atomic E-state index is 0.0439. The number of aryl methyl sites for hydroxylation is 3. The lowest BCUT2D eigenvalue weighted by atomic mass is 9.89. The van der Waals surface area contributed by atoms with Crippen molar-refractivity contribution < 1.29 is 22.7 Å². The van der Waals surface area contributed by atoms with Crippen molar-refractivity contribution in [1.82, 2.24) is 9.62 Å². The lowest BCUT2D eigenvalue weighted by molar-refractivity contribution is -0.124. The Bertz CT molecular complexity index is 1460. The Kier molecular flexibility index (Phi) is 9.62. The van der Waals surface area contributed by atoms with Gasteiger partial charge in [-0.05, 0) is 86.4 Å². The number of amides is 3. The fraction of sp³-hybridized carbons (Fsp3) is 0.516. The van der Waals surface area contributed by atoms with Crippen molar-refractivity contribution in [1.29, 1.82) is 0 Å². The second-order valence-electron chi connectivity index (χ2n) is 11.4. The van der Waals surface area contributed by atoms with Gasteiger partial charge in [0.1, 0.15) is 17.1 Å². The van der Waals surface area contributed by atoms with Crippen LogP contribution in [0.3, 0.4) is 0 Å². The molecule has 2 aliphatic heterocycles. The number of aliphatic imine (C=N–C) groups is 1. The van der Waals surface area contributed by atoms with Crippen molar-refractivity contribution in [3.63, 3.8) is 0 Å². The molecule has 2 heterocycles. The molecule has 228 valence electrons. The molecule has 0 unspecified atom stereocenters. The van der Waals surface area contributed by atoms with Crippen LogP contribution < -0.4 is 20.7 Å². The molecule has 0 atom stereocenters. The van der Waals surface area contributed by atoms with E-state index in [-0.39, 0.29) is 24.7 Å². The maximum absolute atomic E-state index is 13.3. The summed E-state index contributed by atoms with van der Waals surface area (Å²) >= 11 is 0. The Hall–Kier alpha value is -3.44. The average Bonchev–Trinajstić information content (AvgIpc) is 3.27. The van der Waals surface area contributed by atoms with Gasteiger partial charge in [-0.25, -0.2) is 17.5 Å². The highest BCUT2D eigenvalue weighted by Crippen LogP contribution is 2.33. The van der Waals surface area contributed by atoms with Crippen LogP contribution in [0.25, 0.3) is 0 Å². The number of unbranched alkanes of at least 4 members (excludes halogenated alkanes) is 2. The van der Waals surface area contributed by atoms with Gasteiger partial charge in [0.25, 0.3) is 5.91 Å². The molecule has 0 saturated carbocycles.